The molecule has 1 aromatic rings. The molecule has 4 rings (SSSR count). The van der Waals surface area contributed by atoms with Crippen LogP contribution in [0.4, 0.5) is 0 Å². The van der Waals surface area contributed by atoms with Crippen molar-refractivity contribution in [3.8, 4) is 0 Å². The minimum Gasteiger partial charge on any atom is -0.481 e. The number of hydrogen-bond acceptors (Lipinski definition) is 16. The van der Waals surface area contributed by atoms with Crippen molar-refractivity contribution in [2.75, 3.05) is 39.3 Å². The van der Waals surface area contributed by atoms with Gasteiger partial charge in [0.05, 0.1) is 26.1 Å². The van der Waals surface area contributed by atoms with Gasteiger partial charge < -0.3 is 90.4 Å². The van der Waals surface area contributed by atoms with Crippen molar-refractivity contribution in [3.05, 3.63) is 35.9 Å². The summed E-state index contributed by atoms with van der Waals surface area (Å²) in [6.07, 6.45) is 5.39. The smallest absolute Gasteiger partial charge is 0.305 e. The van der Waals surface area contributed by atoms with E-state index in [1.165, 1.54) is 23.6 Å². The topological polar surface area (TPSA) is 497 Å². The number of benzene rings is 1. The van der Waals surface area contributed by atoms with Crippen molar-refractivity contribution >= 4 is 88.7 Å². The first-order valence-corrected chi connectivity index (χ1v) is 32.3. The Morgan fingerprint density at radius 2 is 1.12 bits per heavy atom. The van der Waals surface area contributed by atoms with E-state index in [4.69, 9.17) is 17.2 Å². The van der Waals surface area contributed by atoms with Crippen LogP contribution in [0.5, 0.6) is 0 Å². The van der Waals surface area contributed by atoms with Crippen molar-refractivity contribution < 1.29 is 77.3 Å². The number of aliphatic hydroxyl groups is 1. The number of aliphatic imine (C=N–C) groups is 1. The lowest BCUT2D eigenvalue weighted by Crippen LogP contribution is -2.61. The maximum atomic E-state index is 14.2. The lowest BCUT2D eigenvalue weighted by atomic mass is 9.84. The SMILES string of the molecule is CC[C@H](C)[C@H](NC(=O)[C@H](CCCN=C(N)N)NC(=O)[C@H](CC(=O)O)NC(=O)[C@@H](NC(=O)[C@@H]1CCCN1C(=O)CNC(=O)[C@@H](C)NC(=O)[C@H](CC1CCCCC1)NC(=O)[C@H]1CCCN1C(=O)[C@H](CO)NC(=O)[C@@H](Cc1ccccc1)NC(C)=O)[C@@H](C)CC)C(=O)NCC(N)=O. The molecule has 0 aromatic heterocycles. The molecule has 0 spiro atoms. The van der Waals surface area contributed by atoms with E-state index in [0.717, 1.165) is 37.7 Å². The number of amides is 13. The molecule has 18 N–H and O–H groups in total. The van der Waals surface area contributed by atoms with E-state index in [1.807, 2.05) is 0 Å². The first-order chi connectivity index (χ1) is 44.6. The van der Waals surface area contributed by atoms with Crippen molar-refractivity contribution in [1.82, 2.24) is 63.0 Å². The first-order valence-electron chi connectivity index (χ1n) is 32.3. The lowest BCUT2D eigenvalue weighted by molar-refractivity contribution is -0.143. The zero-order valence-electron chi connectivity index (χ0n) is 54.6. The highest BCUT2D eigenvalue weighted by molar-refractivity contribution is 6.00. The number of rotatable bonds is 37. The Balaban J connectivity index is 1.42. The number of guanidine groups is 1. The van der Waals surface area contributed by atoms with Crippen LogP contribution in [-0.4, -0.2) is 208 Å². The van der Waals surface area contributed by atoms with E-state index in [0.29, 0.717) is 19.3 Å². The monoisotopic (exact) mass is 1320 g/mol. The summed E-state index contributed by atoms with van der Waals surface area (Å²) in [7, 11) is 0. The third-order valence-corrected chi connectivity index (χ3v) is 17.2. The van der Waals surface area contributed by atoms with Crippen LogP contribution in [0.15, 0.2) is 35.3 Å². The molecule has 32 nitrogen and oxygen atoms in total. The summed E-state index contributed by atoms with van der Waals surface area (Å²) in [5, 5.41) is 45.8. The van der Waals surface area contributed by atoms with Gasteiger partial charge in [-0.25, -0.2) is 0 Å². The van der Waals surface area contributed by atoms with Gasteiger partial charge in [0.1, 0.15) is 60.4 Å². The van der Waals surface area contributed by atoms with Crippen LogP contribution in [-0.2, 0) is 73.5 Å². The Hall–Kier alpha value is -8.97. The fraction of sp³-hybridized carbons (Fsp3) is 0.661. The van der Waals surface area contributed by atoms with Gasteiger partial charge in [-0.1, -0.05) is 103 Å². The highest BCUT2D eigenvalue weighted by Gasteiger charge is 2.42. The van der Waals surface area contributed by atoms with E-state index >= 15 is 0 Å². The third-order valence-electron chi connectivity index (χ3n) is 17.2. The van der Waals surface area contributed by atoms with E-state index in [2.05, 4.69) is 58.2 Å². The molecule has 0 unspecified atom stereocenters. The number of carboxylic acids is 1. The number of nitrogens with zero attached hydrogens (tertiary/aromatic N) is 3. The molecule has 2 aliphatic heterocycles. The van der Waals surface area contributed by atoms with Crippen LogP contribution in [0.1, 0.15) is 143 Å². The molecular formula is C62H98N16O16. The number of likely N-dealkylation sites (tertiary alicyclic amines) is 2. The maximum absolute atomic E-state index is 14.2. The normalized spacial score (nSPS) is 18.6. The number of carboxylic acid groups (broad SMARTS) is 1. The average molecular weight is 1320 g/mol. The largest absolute Gasteiger partial charge is 0.481 e. The number of carbonyl (C=O) groups is 14. The molecule has 94 heavy (non-hydrogen) atoms. The van der Waals surface area contributed by atoms with Gasteiger partial charge >= 0.3 is 5.97 Å². The molecule has 0 radical (unpaired) electrons. The van der Waals surface area contributed by atoms with Crippen LogP contribution in [0, 0.1) is 17.8 Å². The van der Waals surface area contributed by atoms with Gasteiger partial charge in [0.2, 0.25) is 76.8 Å². The fourth-order valence-corrected chi connectivity index (χ4v) is 11.5. The molecule has 3 aliphatic rings. The second-order valence-electron chi connectivity index (χ2n) is 24.5. The van der Waals surface area contributed by atoms with Gasteiger partial charge in [0.15, 0.2) is 5.96 Å². The summed E-state index contributed by atoms with van der Waals surface area (Å²) in [5.74, 6) is -13.0. The molecule has 1 aromatic carbocycles. The highest BCUT2D eigenvalue weighted by atomic mass is 16.4. The van der Waals surface area contributed by atoms with Crippen molar-refractivity contribution in [3.63, 3.8) is 0 Å². The molecule has 522 valence electrons. The summed E-state index contributed by atoms with van der Waals surface area (Å²) < 4.78 is 0. The minimum atomic E-state index is -1.83. The van der Waals surface area contributed by atoms with Gasteiger partial charge in [-0.15, -0.1) is 0 Å². The summed E-state index contributed by atoms with van der Waals surface area (Å²) >= 11 is 0. The summed E-state index contributed by atoms with van der Waals surface area (Å²) in [6, 6.07) is -4.27. The molecule has 12 atom stereocenters. The number of aliphatic carboxylic acids is 1. The quantitative estimate of drug-likeness (QED) is 0.0174. The van der Waals surface area contributed by atoms with E-state index < -0.39 is 181 Å². The number of nitrogens with two attached hydrogens (primary N) is 3. The Kier molecular flexibility index (Phi) is 32.1. The molecule has 1 aliphatic carbocycles. The number of hydrogen-bond donors (Lipinski definition) is 15. The van der Waals surface area contributed by atoms with Crippen LogP contribution in [0.3, 0.4) is 0 Å². The number of primary amides is 1. The molecule has 2 saturated heterocycles. The molecule has 2 heterocycles. The van der Waals surface area contributed by atoms with E-state index in [9.17, 15) is 77.3 Å². The Bertz CT molecular complexity index is 2850. The second-order valence-corrected chi connectivity index (χ2v) is 24.5. The first kappa shape index (κ1) is 77.5. The second kappa shape index (κ2) is 38.9. The third kappa shape index (κ3) is 24.8. The number of aliphatic hydroxyl groups excluding tert-OH is 1. The molecular weight excluding hydrogens is 1220 g/mol. The van der Waals surface area contributed by atoms with Gasteiger partial charge in [0.25, 0.3) is 0 Å². The fourth-order valence-electron chi connectivity index (χ4n) is 11.5. The van der Waals surface area contributed by atoms with Crippen LogP contribution >= 0.6 is 0 Å². The zero-order chi connectivity index (χ0) is 69.8. The van der Waals surface area contributed by atoms with E-state index in [-0.39, 0.29) is 76.5 Å². The van der Waals surface area contributed by atoms with Crippen molar-refractivity contribution in [1.29, 1.82) is 0 Å². The van der Waals surface area contributed by atoms with Gasteiger partial charge in [0, 0.05) is 33.0 Å². The van der Waals surface area contributed by atoms with Crippen molar-refractivity contribution in [2.45, 2.75) is 205 Å². The van der Waals surface area contributed by atoms with Gasteiger partial charge in [-0.05, 0) is 75.2 Å². The number of nitrogens with one attached hydrogen (secondary N) is 10. The standard InChI is InChI=1S/C62H98N16O16/c1-7-34(3)50(59(92)67-31-47(63)81)75-53(86)40(22-15-25-66-62(64)65)71-56(89)43(30-49(83)84)73-60(93)51(35(4)8-2)76-58(91)45-23-16-26-77(45)48(82)32-68-52(85)36(5)69-54(87)42(29-39-20-13-10-14-21-39)72-57(90)46-24-17-27-78(46)61(94)44(33-79)74-55(88)41(70-37(6)80)28-38-18-11-9-12-19-38/h9,11-12,18-19,34-36,39-46,50-51,79H,7-8,10,13-17,20-33H2,1-6H3,(H2,63,81)(H,67,92)(H,68,85)(H,69,87)(H,70,80)(H,71,89)(H,72,90)(H,73,93)(H,74,88)(H,75,86)(H,76,91)(H,83,84)(H4,64,65,66)/t34-,35-,36+,40-,41+,42-,43-,44-,45-,46+,50-,51-/m0/s1. The Labute approximate surface area is 547 Å². The average Bonchev–Trinajstić information content (AvgIpc) is 1.59. The van der Waals surface area contributed by atoms with Crippen LogP contribution in [0.2, 0.25) is 0 Å². The van der Waals surface area contributed by atoms with Crippen LogP contribution in [0.25, 0.3) is 0 Å². The molecule has 3 fully saturated rings. The van der Waals surface area contributed by atoms with Crippen LogP contribution < -0.4 is 70.4 Å². The van der Waals surface area contributed by atoms with Gasteiger partial charge in [-0.2, -0.15) is 0 Å². The highest BCUT2D eigenvalue weighted by Crippen LogP contribution is 2.28. The molecule has 13 amide bonds. The minimum absolute atomic E-state index is 0.00231. The lowest BCUT2D eigenvalue weighted by Gasteiger charge is -2.31. The number of carbonyl (C=O) groups excluding carboxylic acids is 13. The van der Waals surface area contributed by atoms with Gasteiger partial charge in [-0.3, -0.25) is 72.1 Å². The molecule has 0 bridgehead atoms. The molecule has 1 saturated carbocycles. The zero-order valence-corrected chi connectivity index (χ0v) is 54.6. The van der Waals surface area contributed by atoms with Crippen molar-refractivity contribution in [2.24, 2.45) is 39.9 Å². The molecule has 32 heteroatoms. The Morgan fingerprint density at radius 1 is 0.574 bits per heavy atom. The summed E-state index contributed by atoms with van der Waals surface area (Å²) in [6.45, 7) is 7.57. The summed E-state index contributed by atoms with van der Waals surface area (Å²) in [4.78, 5) is 195. The predicted octanol–water partition coefficient (Wildman–Crippen LogP) is -3.57. The van der Waals surface area contributed by atoms with E-state index in [1.54, 1.807) is 58.0 Å². The maximum Gasteiger partial charge on any atom is 0.305 e. The Morgan fingerprint density at radius 3 is 1.70 bits per heavy atom. The predicted molar refractivity (Wildman–Crippen MR) is 341 cm³/mol. The summed E-state index contributed by atoms with van der Waals surface area (Å²) in [5.41, 5.74) is 16.8.